The number of nitrogens with zero attached hydrogens (tertiary/aromatic N) is 2. The number of carbonyl (C=O) groups excluding carboxylic acids is 1. The van der Waals surface area contributed by atoms with E-state index < -0.39 is 10.0 Å². The molecule has 1 N–H and O–H groups in total. The molecular weight excluding hydrogens is 477 g/mol. The van der Waals surface area contributed by atoms with Crippen LogP contribution >= 0.6 is 46.6 Å². The number of halogens is 3. The first-order chi connectivity index (χ1) is 13.8. The van der Waals surface area contributed by atoms with Crippen molar-refractivity contribution in [2.45, 2.75) is 29.2 Å². The molecule has 11 heteroatoms. The first-order valence-electron chi connectivity index (χ1n) is 8.81. The highest BCUT2D eigenvalue weighted by molar-refractivity contribution is 7.99. The maximum Gasteiger partial charge on any atom is 0.244 e. The molecule has 1 aromatic heterocycles. The molecule has 0 unspecified atom stereocenters. The third kappa shape index (κ3) is 5.77. The summed E-state index contributed by atoms with van der Waals surface area (Å²) in [5, 5.41) is 4.03. The Hall–Kier alpha value is -1.03. The fraction of sp³-hybridized carbons (Fsp3) is 0.333. The van der Waals surface area contributed by atoms with Gasteiger partial charge in [0.1, 0.15) is 4.90 Å². The molecule has 1 fully saturated rings. The number of pyridine rings is 1. The molecule has 1 amide bonds. The van der Waals surface area contributed by atoms with Gasteiger partial charge in [-0.2, -0.15) is 4.31 Å². The van der Waals surface area contributed by atoms with Crippen LogP contribution in [0.2, 0.25) is 15.1 Å². The number of hydrogen-bond acceptors (Lipinski definition) is 5. The summed E-state index contributed by atoms with van der Waals surface area (Å²) in [5.41, 5.74) is 0.291. The molecule has 1 aliphatic rings. The van der Waals surface area contributed by atoms with E-state index in [0.29, 0.717) is 28.8 Å². The van der Waals surface area contributed by atoms with E-state index in [1.165, 1.54) is 40.5 Å². The second-order valence-corrected chi connectivity index (χ2v) is 10.6. The number of hydrogen-bond donors (Lipinski definition) is 1. The number of rotatable bonds is 6. The van der Waals surface area contributed by atoms with Gasteiger partial charge in [0.2, 0.25) is 15.9 Å². The number of carbonyl (C=O) groups is 1. The molecular formula is C18H18Cl3N3O3S2. The summed E-state index contributed by atoms with van der Waals surface area (Å²) in [7, 11) is -3.52. The molecule has 3 rings (SSSR count). The van der Waals surface area contributed by atoms with E-state index >= 15 is 0 Å². The van der Waals surface area contributed by atoms with E-state index in [-0.39, 0.29) is 26.6 Å². The SMILES string of the molecule is O=C(CSc1ccc(S(=O)(=O)N2CCCCC2)cn1)Nc1c(Cl)cc(Cl)cc1Cl. The first-order valence-corrected chi connectivity index (χ1v) is 12.4. The van der Waals surface area contributed by atoms with Crippen LogP contribution in [0, 0.1) is 0 Å². The zero-order valence-corrected chi connectivity index (χ0v) is 19.1. The molecule has 0 spiro atoms. The highest BCUT2D eigenvalue weighted by atomic mass is 35.5. The Morgan fingerprint density at radius 3 is 2.34 bits per heavy atom. The predicted octanol–water partition coefficient (Wildman–Crippen LogP) is 4.95. The smallest absolute Gasteiger partial charge is 0.244 e. The highest BCUT2D eigenvalue weighted by Crippen LogP contribution is 2.34. The van der Waals surface area contributed by atoms with Crippen molar-refractivity contribution in [2.75, 3.05) is 24.2 Å². The van der Waals surface area contributed by atoms with Gasteiger partial charge in [0.15, 0.2) is 0 Å². The minimum atomic E-state index is -3.52. The third-order valence-corrected chi connectivity index (χ3v) is 7.92. The number of thioether (sulfide) groups is 1. The fourth-order valence-corrected chi connectivity index (χ4v) is 5.85. The molecule has 2 aromatic rings. The van der Waals surface area contributed by atoms with Gasteiger partial charge in [-0.25, -0.2) is 13.4 Å². The van der Waals surface area contributed by atoms with Gasteiger partial charge in [0.25, 0.3) is 0 Å². The Kier molecular flexibility index (Phi) is 7.69. The van der Waals surface area contributed by atoms with Gasteiger partial charge in [-0.3, -0.25) is 4.79 Å². The number of piperidine rings is 1. The van der Waals surface area contributed by atoms with Crippen LogP contribution in [0.15, 0.2) is 40.4 Å². The van der Waals surface area contributed by atoms with Gasteiger partial charge in [0, 0.05) is 24.3 Å². The van der Waals surface area contributed by atoms with Gasteiger partial charge in [-0.05, 0) is 37.1 Å². The van der Waals surface area contributed by atoms with Crippen molar-refractivity contribution >= 4 is 68.2 Å². The van der Waals surface area contributed by atoms with Crippen LogP contribution in [0.4, 0.5) is 5.69 Å². The minimum Gasteiger partial charge on any atom is -0.323 e. The summed E-state index contributed by atoms with van der Waals surface area (Å²) < 4.78 is 26.8. The van der Waals surface area contributed by atoms with Crippen LogP contribution in [-0.2, 0) is 14.8 Å². The fourth-order valence-electron chi connectivity index (χ4n) is 2.84. The maximum atomic E-state index is 12.6. The van der Waals surface area contributed by atoms with Crippen LogP contribution in [0.3, 0.4) is 0 Å². The lowest BCUT2D eigenvalue weighted by Crippen LogP contribution is -2.35. The molecule has 0 atom stereocenters. The monoisotopic (exact) mass is 493 g/mol. The third-order valence-electron chi connectivity index (χ3n) is 4.28. The maximum absolute atomic E-state index is 12.6. The van der Waals surface area contributed by atoms with Crippen LogP contribution < -0.4 is 5.32 Å². The molecule has 0 saturated carbocycles. The lowest BCUT2D eigenvalue weighted by molar-refractivity contribution is -0.113. The van der Waals surface area contributed by atoms with E-state index in [1.54, 1.807) is 6.07 Å². The van der Waals surface area contributed by atoms with Gasteiger partial charge >= 0.3 is 0 Å². The van der Waals surface area contributed by atoms with E-state index in [9.17, 15) is 13.2 Å². The minimum absolute atomic E-state index is 0.0561. The molecule has 2 heterocycles. The number of amides is 1. The largest absolute Gasteiger partial charge is 0.323 e. The van der Waals surface area contributed by atoms with Gasteiger partial charge in [-0.15, -0.1) is 0 Å². The summed E-state index contributed by atoms with van der Waals surface area (Å²) in [5.74, 6) is -0.270. The number of anilines is 1. The average Bonchev–Trinajstić information content (AvgIpc) is 2.70. The standard InChI is InChI=1S/C18H18Cl3N3O3S2/c19-12-8-14(20)18(15(21)9-12)23-16(25)11-28-17-5-4-13(10-22-17)29(26,27)24-6-2-1-3-7-24/h4-5,8-10H,1-3,6-7,11H2,(H,23,25). The van der Waals surface area contributed by atoms with E-state index in [4.69, 9.17) is 34.8 Å². The number of sulfonamides is 1. The molecule has 156 valence electrons. The van der Waals surface area contributed by atoms with Crippen LogP contribution in [-0.4, -0.2) is 42.5 Å². The van der Waals surface area contributed by atoms with Crippen molar-refractivity contribution in [3.8, 4) is 0 Å². The molecule has 1 saturated heterocycles. The van der Waals surface area contributed by atoms with Crippen LogP contribution in [0.1, 0.15) is 19.3 Å². The molecule has 1 aliphatic heterocycles. The summed E-state index contributed by atoms with van der Waals surface area (Å²) in [6.07, 6.45) is 4.13. The predicted molar refractivity (Wildman–Crippen MR) is 118 cm³/mol. The second-order valence-electron chi connectivity index (χ2n) is 6.38. The van der Waals surface area contributed by atoms with Crippen molar-refractivity contribution in [1.82, 2.24) is 9.29 Å². The van der Waals surface area contributed by atoms with Gasteiger partial charge < -0.3 is 5.32 Å². The van der Waals surface area contributed by atoms with Crippen LogP contribution in [0.25, 0.3) is 0 Å². The number of benzene rings is 1. The van der Waals surface area contributed by atoms with Gasteiger partial charge in [0.05, 0.1) is 26.5 Å². The second kappa shape index (κ2) is 9.85. The van der Waals surface area contributed by atoms with Crippen molar-refractivity contribution in [3.63, 3.8) is 0 Å². The highest BCUT2D eigenvalue weighted by Gasteiger charge is 2.26. The number of nitrogens with one attached hydrogen (secondary N) is 1. The van der Waals surface area contributed by atoms with E-state index in [0.717, 1.165) is 19.3 Å². The Labute approximate surface area is 189 Å². The molecule has 0 bridgehead atoms. The zero-order valence-electron chi connectivity index (χ0n) is 15.2. The van der Waals surface area contributed by atoms with Crippen molar-refractivity contribution in [2.24, 2.45) is 0 Å². The lowest BCUT2D eigenvalue weighted by atomic mass is 10.2. The summed E-state index contributed by atoms with van der Waals surface area (Å²) in [6, 6.07) is 6.09. The lowest BCUT2D eigenvalue weighted by Gasteiger charge is -2.25. The van der Waals surface area contributed by atoms with Crippen molar-refractivity contribution < 1.29 is 13.2 Å². The summed E-state index contributed by atoms with van der Waals surface area (Å²) in [6.45, 7) is 1.07. The zero-order chi connectivity index (χ0) is 21.0. The normalized spacial score (nSPS) is 15.3. The topological polar surface area (TPSA) is 79.4 Å². The van der Waals surface area contributed by atoms with E-state index in [1.807, 2.05) is 0 Å². The van der Waals surface area contributed by atoms with Crippen molar-refractivity contribution in [1.29, 1.82) is 0 Å². The molecule has 0 radical (unpaired) electrons. The Balaban J connectivity index is 1.60. The quantitative estimate of drug-likeness (QED) is 0.575. The van der Waals surface area contributed by atoms with Crippen LogP contribution in [0.5, 0.6) is 0 Å². The average molecular weight is 495 g/mol. The summed E-state index contributed by atoms with van der Waals surface area (Å²) in [4.78, 5) is 16.5. The Morgan fingerprint density at radius 2 is 1.76 bits per heavy atom. The Bertz CT molecular complexity index is 972. The first kappa shape index (κ1) is 22.7. The summed E-state index contributed by atoms with van der Waals surface area (Å²) >= 11 is 19.1. The molecule has 6 nitrogen and oxygen atoms in total. The molecule has 1 aromatic carbocycles. The van der Waals surface area contributed by atoms with Crippen molar-refractivity contribution in [3.05, 3.63) is 45.5 Å². The van der Waals surface area contributed by atoms with Gasteiger partial charge in [-0.1, -0.05) is 53.0 Å². The Morgan fingerprint density at radius 1 is 1.10 bits per heavy atom. The van der Waals surface area contributed by atoms with E-state index in [2.05, 4.69) is 10.3 Å². The molecule has 29 heavy (non-hydrogen) atoms. The molecule has 0 aliphatic carbocycles. The number of aromatic nitrogens is 1.